The minimum Gasteiger partial charge on any atom is -0.490 e. The molecule has 0 bridgehead atoms. The number of halogens is 2. The van der Waals surface area contributed by atoms with Gasteiger partial charge in [-0.3, -0.25) is 4.98 Å². The Kier molecular flexibility index (Phi) is 6.72. The zero-order valence-corrected chi connectivity index (χ0v) is 18.3. The fourth-order valence-corrected chi connectivity index (χ4v) is 4.06. The van der Waals surface area contributed by atoms with Crippen LogP contribution in [0.15, 0.2) is 36.5 Å². The molecule has 0 unspecified atom stereocenters. The fraction of sp³-hybridized carbons (Fsp3) is 0.348. The Labute approximate surface area is 190 Å². The Balaban J connectivity index is 1.46. The van der Waals surface area contributed by atoms with E-state index in [4.69, 9.17) is 16.3 Å². The van der Waals surface area contributed by atoms with Crippen LogP contribution in [0.25, 0.3) is 11.0 Å². The lowest BCUT2D eigenvalue weighted by molar-refractivity contribution is 0.0697. The van der Waals surface area contributed by atoms with Crippen LogP contribution in [-0.2, 0) is 0 Å². The van der Waals surface area contributed by atoms with E-state index in [2.05, 4.69) is 20.6 Å². The average Bonchev–Trinajstić information content (AvgIpc) is 3.29. The summed E-state index contributed by atoms with van der Waals surface area (Å²) in [5, 5.41) is 16.4. The van der Waals surface area contributed by atoms with Crippen molar-refractivity contribution < 1.29 is 19.0 Å². The topological polar surface area (TPSA) is 96.4 Å². The van der Waals surface area contributed by atoms with Crippen molar-refractivity contribution in [2.75, 3.05) is 18.4 Å². The molecule has 4 rings (SSSR count). The van der Waals surface area contributed by atoms with E-state index in [0.717, 1.165) is 24.9 Å². The SMILES string of the molecule is C[C@@H](CCNc1c(C(=O)O)cnc2ccc(Cl)nc12)Oc1ccc(F)cc1[C@@H]1CCCN1. The third kappa shape index (κ3) is 4.92. The number of pyridine rings is 2. The van der Waals surface area contributed by atoms with E-state index >= 15 is 0 Å². The first-order valence-corrected chi connectivity index (χ1v) is 10.9. The number of rotatable bonds is 8. The number of hydrogen-bond donors (Lipinski definition) is 3. The maximum absolute atomic E-state index is 13.8. The molecule has 2 aromatic heterocycles. The molecule has 0 radical (unpaired) electrons. The molecule has 7 nitrogen and oxygen atoms in total. The first-order valence-electron chi connectivity index (χ1n) is 10.5. The molecule has 1 aliphatic rings. The van der Waals surface area contributed by atoms with Gasteiger partial charge in [0.2, 0.25) is 0 Å². The van der Waals surface area contributed by atoms with Crippen LogP contribution < -0.4 is 15.4 Å². The third-order valence-corrected chi connectivity index (χ3v) is 5.71. The summed E-state index contributed by atoms with van der Waals surface area (Å²) >= 11 is 6.01. The van der Waals surface area contributed by atoms with Crippen molar-refractivity contribution in [3.8, 4) is 5.75 Å². The van der Waals surface area contributed by atoms with Gasteiger partial charge in [0.05, 0.1) is 17.3 Å². The van der Waals surface area contributed by atoms with Crippen molar-refractivity contribution in [1.29, 1.82) is 0 Å². The number of fused-ring (bicyclic) bond motifs is 1. The zero-order valence-electron chi connectivity index (χ0n) is 17.6. The summed E-state index contributed by atoms with van der Waals surface area (Å²) in [6.07, 6.45) is 3.69. The Morgan fingerprint density at radius 3 is 3.00 bits per heavy atom. The minimum atomic E-state index is -1.10. The van der Waals surface area contributed by atoms with Gasteiger partial charge in [-0.15, -0.1) is 0 Å². The van der Waals surface area contributed by atoms with Crippen LogP contribution in [0.4, 0.5) is 10.1 Å². The van der Waals surface area contributed by atoms with Gasteiger partial charge in [-0.1, -0.05) is 11.6 Å². The highest BCUT2D eigenvalue weighted by Crippen LogP contribution is 2.32. The standard InChI is InChI=1S/C23H24ClFN4O3/c1-13(32-19-6-4-14(25)11-15(19)17-3-2-9-26-17)8-10-27-21-16(23(30)31)12-28-18-5-7-20(24)29-22(18)21/h4-7,11-13,17,26H,2-3,8-10H2,1H3,(H,27,28)(H,30,31)/t13-,17-/m0/s1. The van der Waals surface area contributed by atoms with Crippen LogP contribution in [0.1, 0.15) is 48.1 Å². The van der Waals surface area contributed by atoms with Crippen LogP contribution in [0.3, 0.4) is 0 Å². The molecule has 9 heteroatoms. The van der Waals surface area contributed by atoms with E-state index in [0.29, 0.717) is 35.4 Å². The fourth-order valence-electron chi connectivity index (χ4n) is 3.91. The van der Waals surface area contributed by atoms with E-state index < -0.39 is 5.97 Å². The molecule has 3 N–H and O–H groups in total. The van der Waals surface area contributed by atoms with Gasteiger partial charge in [-0.05, 0) is 56.6 Å². The normalized spacial score (nSPS) is 16.8. The predicted molar refractivity (Wildman–Crippen MR) is 121 cm³/mol. The molecule has 32 heavy (non-hydrogen) atoms. The molecule has 0 spiro atoms. The summed E-state index contributed by atoms with van der Waals surface area (Å²) in [7, 11) is 0. The van der Waals surface area contributed by atoms with Crippen LogP contribution in [-0.4, -0.2) is 40.2 Å². The molecule has 1 fully saturated rings. The maximum atomic E-state index is 13.8. The van der Waals surface area contributed by atoms with Gasteiger partial charge in [-0.2, -0.15) is 0 Å². The van der Waals surface area contributed by atoms with Gasteiger partial charge < -0.3 is 20.5 Å². The molecule has 168 valence electrons. The third-order valence-electron chi connectivity index (χ3n) is 5.50. The van der Waals surface area contributed by atoms with Crippen LogP contribution in [0.2, 0.25) is 5.15 Å². The molecule has 0 saturated carbocycles. The molecule has 1 saturated heterocycles. The average molecular weight is 459 g/mol. The van der Waals surface area contributed by atoms with Crippen molar-refractivity contribution >= 4 is 34.3 Å². The number of nitrogens with zero attached hydrogens (tertiary/aromatic N) is 2. The summed E-state index contributed by atoms with van der Waals surface area (Å²) in [5.41, 5.74) is 2.17. The number of nitrogens with one attached hydrogen (secondary N) is 2. The molecule has 3 heterocycles. The molecule has 0 amide bonds. The van der Waals surface area contributed by atoms with Crippen LogP contribution in [0, 0.1) is 5.82 Å². The number of aromatic nitrogens is 2. The van der Waals surface area contributed by atoms with Crippen LogP contribution >= 0.6 is 11.6 Å². The van der Waals surface area contributed by atoms with E-state index in [1.165, 1.54) is 18.3 Å². The Bertz CT molecular complexity index is 1140. The molecule has 3 aromatic rings. The number of carbonyl (C=O) groups is 1. The van der Waals surface area contributed by atoms with Crippen molar-refractivity contribution in [2.24, 2.45) is 0 Å². The minimum absolute atomic E-state index is 0.0222. The number of carboxylic acids is 1. The Morgan fingerprint density at radius 1 is 1.41 bits per heavy atom. The lowest BCUT2D eigenvalue weighted by Crippen LogP contribution is -2.20. The van der Waals surface area contributed by atoms with E-state index in [-0.39, 0.29) is 28.7 Å². The van der Waals surface area contributed by atoms with Crippen molar-refractivity contribution in [1.82, 2.24) is 15.3 Å². The highest BCUT2D eigenvalue weighted by Gasteiger charge is 2.22. The first-order chi connectivity index (χ1) is 15.4. The van der Waals surface area contributed by atoms with Gasteiger partial charge in [0.25, 0.3) is 0 Å². The van der Waals surface area contributed by atoms with E-state index in [1.807, 2.05) is 6.92 Å². The summed E-state index contributed by atoms with van der Waals surface area (Å²) in [6, 6.07) is 7.98. The maximum Gasteiger partial charge on any atom is 0.339 e. The molecule has 2 atom stereocenters. The quantitative estimate of drug-likeness (QED) is 0.416. The lowest BCUT2D eigenvalue weighted by Gasteiger charge is -2.21. The van der Waals surface area contributed by atoms with Gasteiger partial charge in [0.1, 0.15) is 27.8 Å². The highest BCUT2D eigenvalue weighted by molar-refractivity contribution is 6.29. The summed E-state index contributed by atoms with van der Waals surface area (Å²) in [6.45, 7) is 3.27. The van der Waals surface area contributed by atoms with E-state index in [1.54, 1.807) is 18.2 Å². The summed E-state index contributed by atoms with van der Waals surface area (Å²) in [5.74, 6) is -0.729. The summed E-state index contributed by atoms with van der Waals surface area (Å²) < 4.78 is 19.9. The number of aromatic carboxylic acids is 1. The monoisotopic (exact) mass is 458 g/mol. The second-order valence-electron chi connectivity index (χ2n) is 7.83. The number of benzene rings is 1. The molecular formula is C23H24ClFN4O3. The predicted octanol–water partition coefficient (Wildman–Crippen LogP) is 4.81. The first kappa shape index (κ1) is 22.2. The van der Waals surface area contributed by atoms with Gasteiger partial charge in [-0.25, -0.2) is 14.2 Å². The van der Waals surface area contributed by atoms with Crippen molar-refractivity contribution in [3.63, 3.8) is 0 Å². The number of ether oxygens (including phenoxy) is 1. The highest BCUT2D eigenvalue weighted by atomic mass is 35.5. The lowest BCUT2D eigenvalue weighted by atomic mass is 10.0. The Hall–Kier alpha value is -2.97. The molecule has 1 aliphatic heterocycles. The molecule has 0 aliphatic carbocycles. The smallest absolute Gasteiger partial charge is 0.339 e. The number of carboxylic acid groups (broad SMARTS) is 1. The van der Waals surface area contributed by atoms with Gasteiger partial charge in [0.15, 0.2) is 0 Å². The number of hydrogen-bond acceptors (Lipinski definition) is 6. The molecular weight excluding hydrogens is 435 g/mol. The van der Waals surface area contributed by atoms with E-state index in [9.17, 15) is 14.3 Å². The van der Waals surface area contributed by atoms with Gasteiger partial charge in [0, 0.05) is 30.8 Å². The number of anilines is 1. The van der Waals surface area contributed by atoms with Gasteiger partial charge >= 0.3 is 5.97 Å². The van der Waals surface area contributed by atoms with Crippen LogP contribution in [0.5, 0.6) is 5.75 Å². The zero-order chi connectivity index (χ0) is 22.7. The second-order valence-corrected chi connectivity index (χ2v) is 8.22. The van der Waals surface area contributed by atoms with Crippen molar-refractivity contribution in [2.45, 2.75) is 38.3 Å². The largest absolute Gasteiger partial charge is 0.490 e. The summed E-state index contributed by atoms with van der Waals surface area (Å²) in [4.78, 5) is 20.1. The Morgan fingerprint density at radius 2 is 2.25 bits per heavy atom. The second kappa shape index (κ2) is 9.67. The van der Waals surface area contributed by atoms with Crippen molar-refractivity contribution in [3.05, 3.63) is 58.6 Å². The molecule has 1 aromatic carbocycles.